The average molecular weight is 295 g/mol. The molecule has 2 atom stereocenters. The van der Waals surface area contributed by atoms with E-state index in [1.165, 1.54) is 0 Å². The second kappa shape index (κ2) is 5.44. The highest BCUT2D eigenvalue weighted by Crippen LogP contribution is 2.28. The Bertz CT molecular complexity index is 546. The Balaban J connectivity index is 2.37. The number of amides is 2. The van der Waals surface area contributed by atoms with Gasteiger partial charge in [-0.3, -0.25) is 9.59 Å². The molecule has 0 bridgehead atoms. The first-order valence-electron chi connectivity index (χ1n) is 6.76. The number of benzene rings is 1. The van der Waals surface area contributed by atoms with E-state index in [9.17, 15) is 9.59 Å². The molecular weight excluding hydrogens is 276 g/mol. The molecule has 1 aliphatic heterocycles. The molecule has 0 spiro atoms. The number of rotatable bonds is 3. The molecule has 1 heterocycles. The summed E-state index contributed by atoms with van der Waals surface area (Å²) in [5.41, 5.74) is 0.0204. The minimum atomic E-state index is -0.831. The fourth-order valence-corrected chi connectivity index (χ4v) is 2.61. The van der Waals surface area contributed by atoms with Crippen LogP contribution >= 0.6 is 11.6 Å². The highest BCUT2D eigenvalue weighted by atomic mass is 35.5. The highest BCUT2D eigenvalue weighted by molar-refractivity contribution is 6.31. The summed E-state index contributed by atoms with van der Waals surface area (Å²) in [5, 5.41) is 3.35. The minimum absolute atomic E-state index is 0.0751. The van der Waals surface area contributed by atoms with Crippen molar-refractivity contribution in [3.05, 3.63) is 34.9 Å². The monoisotopic (exact) mass is 294 g/mol. The summed E-state index contributed by atoms with van der Waals surface area (Å²) >= 11 is 6.16. The molecule has 1 aliphatic rings. The standard InChI is InChI=1S/C15H19ClN2O2/c1-4-15(3)14(20)17-10(2)13(19)18(15)9-11-7-5-6-8-12(11)16/h5-8,10H,4,9H2,1-3H3,(H,17,20). The number of piperazine rings is 1. The molecule has 0 aliphatic carbocycles. The van der Waals surface area contributed by atoms with E-state index >= 15 is 0 Å². The summed E-state index contributed by atoms with van der Waals surface area (Å²) in [7, 11) is 0. The Hall–Kier alpha value is -1.55. The van der Waals surface area contributed by atoms with E-state index in [2.05, 4.69) is 5.32 Å². The highest BCUT2D eigenvalue weighted by Gasteiger charge is 2.46. The van der Waals surface area contributed by atoms with Gasteiger partial charge in [0.15, 0.2) is 0 Å². The lowest BCUT2D eigenvalue weighted by Gasteiger charge is -2.45. The normalized spacial score (nSPS) is 26.6. The molecule has 2 unspecified atom stereocenters. The zero-order valence-electron chi connectivity index (χ0n) is 11.9. The lowest BCUT2D eigenvalue weighted by atomic mass is 9.90. The van der Waals surface area contributed by atoms with Gasteiger partial charge in [0.2, 0.25) is 11.8 Å². The quantitative estimate of drug-likeness (QED) is 0.930. The molecule has 1 N–H and O–H groups in total. The van der Waals surface area contributed by atoms with Crippen molar-refractivity contribution in [3.63, 3.8) is 0 Å². The SMILES string of the molecule is CCC1(C)C(=O)NC(C)C(=O)N1Cc1ccccc1Cl. The summed E-state index contributed by atoms with van der Waals surface area (Å²) < 4.78 is 0. The number of halogens is 1. The van der Waals surface area contributed by atoms with Crippen molar-refractivity contribution in [1.82, 2.24) is 10.2 Å². The first kappa shape index (κ1) is 14.9. The fraction of sp³-hybridized carbons (Fsp3) is 0.467. The lowest BCUT2D eigenvalue weighted by molar-refractivity contribution is -0.157. The molecule has 0 aromatic heterocycles. The molecule has 0 radical (unpaired) electrons. The largest absolute Gasteiger partial charge is 0.343 e. The van der Waals surface area contributed by atoms with Crippen LogP contribution in [0.4, 0.5) is 0 Å². The molecule has 1 fully saturated rings. The van der Waals surface area contributed by atoms with Gasteiger partial charge in [0.05, 0.1) is 0 Å². The van der Waals surface area contributed by atoms with Crippen LogP contribution in [0.5, 0.6) is 0 Å². The maximum Gasteiger partial charge on any atom is 0.246 e. The third-order valence-corrected chi connectivity index (χ3v) is 4.41. The molecule has 0 saturated carbocycles. The van der Waals surface area contributed by atoms with Crippen LogP contribution in [0.1, 0.15) is 32.8 Å². The predicted molar refractivity (Wildman–Crippen MR) is 78.3 cm³/mol. The Morgan fingerprint density at radius 2 is 2.00 bits per heavy atom. The van der Waals surface area contributed by atoms with E-state index < -0.39 is 11.6 Å². The van der Waals surface area contributed by atoms with Gasteiger partial charge < -0.3 is 10.2 Å². The van der Waals surface area contributed by atoms with Gasteiger partial charge in [-0.25, -0.2) is 0 Å². The fourth-order valence-electron chi connectivity index (χ4n) is 2.41. The average Bonchev–Trinajstić information content (AvgIpc) is 2.43. The lowest BCUT2D eigenvalue weighted by Crippen LogP contribution is -2.68. The summed E-state index contributed by atoms with van der Waals surface area (Å²) in [5.74, 6) is -0.187. The van der Waals surface area contributed by atoms with Crippen molar-refractivity contribution in [3.8, 4) is 0 Å². The van der Waals surface area contributed by atoms with Gasteiger partial charge in [0.1, 0.15) is 11.6 Å². The van der Waals surface area contributed by atoms with Crippen LogP contribution in [0.25, 0.3) is 0 Å². The Kier molecular flexibility index (Phi) is 4.04. The van der Waals surface area contributed by atoms with Crippen LogP contribution in [0.2, 0.25) is 5.02 Å². The zero-order valence-corrected chi connectivity index (χ0v) is 12.7. The van der Waals surface area contributed by atoms with Crippen LogP contribution in [0.3, 0.4) is 0 Å². The van der Waals surface area contributed by atoms with Crippen LogP contribution in [-0.4, -0.2) is 28.3 Å². The van der Waals surface area contributed by atoms with E-state index in [1.54, 1.807) is 24.8 Å². The molecule has 4 nitrogen and oxygen atoms in total. The Labute approximate surface area is 124 Å². The first-order chi connectivity index (χ1) is 9.40. The molecular formula is C15H19ClN2O2. The Morgan fingerprint density at radius 1 is 1.35 bits per heavy atom. The smallest absolute Gasteiger partial charge is 0.246 e. The molecule has 1 aromatic rings. The van der Waals surface area contributed by atoms with Crippen LogP contribution < -0.4 is 5.32 Å². The Morgan fingerprint density at radius 3 is 2.60 bits per heavy atom. The summed E-state index contributed by atoms with van der Waals surface area (Å²) in [6.07, 6.45) is 0.557. The van der Waals surface area contributed by atoms with E-state index in [0.717, 1.165) is 5.56 Å². The van der Waals surface area contributed by atoms with Crippen molar-refractivity contribution in [2.45, 2.75) is 45.3 Å². The summed E-state index contributed by atoms with van der Waals surface area (Å²) in [4.78, 5) is 26.3. The van der Waals surface area contributed by atoms with Crippen molar-refractivity contribution >= 4 is 23.4 Å². The van der Waals surface area contributed by atoms with Crippen molar-refractivity contribution in [1.29, 1.82) is 0 Å². The van der Waals surface area contributed by atoms with Gasteiger partial charge in [-0.2, -0.15) is 0 Å². The minimum Gasteiger partial charge on any atom is -0.343 e. The third kappa shape index (κ3) is 2.40. The second-order valence-corrected chi connectivity index (χ2v) is 5.75. The molecule has 20 heavy (non-hydrogen) atoms. The van der Waals surface area contributed by atoms with E-state index in [4.69, 9.17) is 11.6 Å². The number of carbonyl (C=O) groups excluding carboxylic acids is 2. The maximum absolute atomic E-state index is 12.4. The number of carbonyl (C=O) groups is 2. The number of hydrogen-bond acceptors (Lipinski definition) is 2. The topological polar surface area (TPSA) is 49.4 Å². The molecule has 5 heteroatoms. The summed E-state index contributed by atoms with van der Waals surface area (Å²) in [6, 6.07) is 6.89. The zero-order chi connectivity index (χ0) is 14.9. The first-order valence-corrected chi connectivity index (χ1v) is 7.13. The van der Waals surface area contributed by atoms with Crippen LogP contribution in [0, 0.1) is 0 Å². The summed E-state index contributed by atoms with van der Waals surface area (Å²) in [6.45, 7) is 5.75. The molecule has 2 rings (SSSR count). The number of nitrogens with zero attached hydrogens (tertiary/aromatic N) is 1. The van der Waals surface area contributed by atoms with Crippen molar-refractivity contribution < 1.29 is 9.59 Å². The molecule has 2 amide bonds. The van der Waals surface area contributed by atoms with Gasteiger partial charge in [0.25, 0.3) is 0 Å². The molecule has 108 valence electrons. The van der Waals surface area contributed by atoms with Crippen molar-refractivity contribution in [2.24, 2.45) is 0 Å². The van der Waals surface area contributed by atoms with Gasteiger partial charge in [-0.15, -0.1) is 0 Å². The van der Waals surface area contributed by atoms with Crippen LogP contribution in [0.15, 0.2) is 24.3 Å². The van der Waals surface area contributed by atoms with E-state index in [0.29, 0.717) is 18.0 Å². The van der Waals surface area contributed by atoms with Gasteiger partial charge in [-0.05, 0) is 31.9 Å². The van der Waals surface area contributed by atoms with Gasteiger partial charge >= 0.3 is 0 Å². The van der Waals surface area contributed by atoms with Crippen molar-refractivity contribution in [2.75, 3.05) is 0 Å². The van der Waals surface area contributed by atoms with E-state index in [-0.39, 0.29) is 11.8 Å². The number of nitrogens with one attached hydrogen (secondary N) is 1. The number of hydrogen-bond donors (Lipinski definition) is 1. The second-order valence-electron chi connectivity index (χ2n) is 5.34. The maximum atomic E-state index is 12.4. The molecule has 1 saturated heterocycles. The molecule has 1 aromatic carbocycles. The predicted octanol–water partition coefficient (Wildman–Crippen LogP) is 2.36. The van der Waals surface area contributed by atoms with E-state index in [1.807, 2.05) is 25.1 Å². The van der Waals surface area contributed by atoms with Gasteiger partial charge in [0, 0.05) is 11.6 Å². The third-order valence-electron chi connectivity index (χ3n) is 4.04. The van der Waals surface area contributed by atoms with Gasteiger partial charge in [-0.1, -0.05) is 36.7 Å². The van der Waals surface area contributed by atoms with Crippen LogP contribution in [-0.2, 0) is 16.1 Å².